The molecule has 1 aliphatic rings. The average Bonchev–Trinajstić information content (AvgIpc) is 3.11. The fourth-order valence-corrected chi connectivity index (χ4v) is 4.47. The number of benzene rings is 1. The van der Waals surface area contributed by atoms with Gasteiger partial charge in [0.25, 0.3) is 5.91 Å². The number of nitrogens with one attached hydrogen (secondary N) is 1. The number of fused-ring (bicyclic) bond motifs is 2. The quantitative estimate of drug-likeness (QED) is 0.575. The fraction of sp³-hybridized carbons (Fsp3) is 0.391. The van der Waals surface area contributed by atoms with Gasteiger partial charge in [-0.3, -0.25) is 10.1 Å². The summed E-state index contributed by atoms with van der Waals surface area (Å²) in [4.78, 5) is 43.3. The number of nitrogens with zero attached hydrogens (tertiary/aromatic N) is 2. The Morgan fingerprint density at radius 3 is 2.82 bits per heavy atom. The lowest BCUT2D eigenvalue weighted by atomic mass is 10.1. The van der Waals surface area contributed by atoms with Crippen molar-refractivity contribution in [3.05, 3.63) is 50.8 Å². The second kappa shape index (κ2) is 8.86. The van der Waals surface area contributed by atoms with Gasteiger partial charge in [0, 0.05) is 35.4 Å². The Morgan fingerprint density at radius 2 is 2.06 bits per heavy atom. The number of hydrogen-bond donors (Lipinski definition) is 1. The number of hydrogen-bond acceptors (Lipinski definition) is 8. The summed E-state index contributed by atoms with van der Waals surface area (Å²) in [6, 6.07) is 6.52. The first-order valence-corrected chi connectivity index (χ1v) is 11.3. The highest BCUT2D eigenvalue weighted by atomic mass is 32.1. The molecule has 10 heteroatoms. The van der Waals surface area contributed by atoms with Gasteiger partial charge >= 0.3 is 11.7 Å². The van der Waals surface area contributed by atoms with Crippen molar-refractivity contribution in [1.29, 1.82) is 0 Å². The van der Waals surface area contributed by atoms with Crippen LogP contribution in [-0.4, -0.2) is 40.6 Å². The molecule has 0 saturated carbocycles. The van der Waals surface area contributed by atoms with E-state index >= 15 is 0 Å². The average molecular weight is 472 g/mol. The predicted molar refractivity (Wildman–Crippen MR) is 124 cm³/mol. The van der Waals surface area contributed by atoms with Gasteiger partial charge in [-0.25, -0.2) is 14.6 Å². The van der Waals surface area contributed by atoms with Gasteiger partial charge < -0.3 is 18.8 Å². The second-order valence-corrected chi connectivity index (χ2v) is 9.87. The number of amides is 2. The molecule has 4 rings (SSSR count). The van der Waals surface area contributed by atoms with Gasteiger partial charge in [0.2, 0.25) is 0 Å². The number of aromatic nitrogens is 1. The van der Waals surface area contributed by atoms with Crippen molar-refractivity contribution in [3.8, 4) is 5.75 Å². The predicted octanol–water partition coefficient (Wildman–Crippen LogP) is 3.87. The highest BCUT2D eigenvalue weighted by Crippen LogP contribution is 2.29. The van der Waals surface area contributed by atoms with Crippen LogP contribution < -0.4 is 15.7 Å². The van der Waals surface area contributed by atoms with E-state index in [1.807, 2.05) is 27.7 Å². The lowest BCUT2D eigenvalue weighted by Crippen LogP contribution is -2.39. The van der Waals surface area contributed by atoms with Gasteiger partial charge in [0.15, 0.2) is 11.7 Å². The van der Waals surface area contributed by atoms with Crippen molar-refractivity contribution < 1.29 is 23.5 Å². The Labute approximate surface area is 194 Å². The normalized spacial score (nSPS) is 13.5. The summed E-state index contributed by atoms with van der Waals surface area (Å²) in [5.41, 5.74) is 1.09. The molecule has 1 aromatic carbocycles. The van der Waals surface area contributed by atoms with E-state index in [-0.39, 0.29) is 18.6 Å². The standard InChI is InChI=1S/C23H25N3O6S/c1-13-9-20(28)31-17-10-14(5-6-15(13)17)30-12-19(27)25-21-24-16-7-8-26(11-18(16)33-21)22(29)32-23(2,3)4/h5-6,9-10H,7-8,11-12H2,1-4H3,(H,24,25,27). The third-order valence-corrected chi connectivity index (χ3v) is 5.92. The number of thiazole rings is 1. The SMILES string of the molecule is Cc1cc(=O)oc2cc(OCC(=O)Nc3nc4c(s3)CN(C(=O)OC(C)(C)C)CC4)ccc12. The van der Waals surface area contributed by atoms with Crippen LogP contribution in [0.25, 0.3) is 11.0 Å². The first-order chi connectivity index (χ1) is 15.6. The molecule has 33 heavy (non-hydrogen) atoms. The molecule has 1 N–H and O–H groups in total. The lowest BCUT2D eigenvalue weighted by Gasteiger charge is -2.29. The molecular formula is C23H25N3O6S. The van der Waals surface area contributed by atoms with Gasteiger partial charge in [-0.1, -0.05) is 11.3 Å². The number of carbonyl (C=O) groups is 2. The third kappa shape index (κ3) is 5.51. The van der Waals surface area contributed by atoms with E-state index in [2.05, 4.69) is 10.3 Å². The molecule has 0 aliphatic carbocycles. The van der Waals surface area contributed by atoms with Gasteiger partial charge in [-0.15, -0.1) is 0 Å². The first kappa shape index (κ1) is 22.8. The third-order valence-electron chi connectivity index (χ3n) is 4.92. The van der Waals surface area contributed by atoms with E-state index in [0.717, 1.165) is 21.5 Å². The molecule has 0 fully saturated rings. The summed E-state index contributed by atoms with van der Waals surface area (Å²) >= 11 is 1.33. The molecule has 0 radical (unpaired) electrons. The molecule has 174 valence electrons. The molecule has 3 heterocycles. The van der Waals surface area contributed by atoms with Crippen LogP contribution in [0, 0.1) is 6.92 Å². The molecule has 0 saturated heterocycles. The van der Waals surface area contributed by atoms with Crippen LogP contribution in [0.15, 0.2) is 33.5 Å². The minimum atomic E-state index is -0.556. The van der Waals surface area contributed by atoms with Crippen molar-refractivity contribution in [2.24, 2.45) is 0 Å². The maximum absolute atomic E-state index is 12.4. The number of ether oxygens (including phenoxy) is 2. The lowest BCUT2D eigenvalue weighted by molar-refractivity contribution is -0.118. The van der Waals surface area contributed by atoms with Crippen LogP contribution in [0.3, 0.4) is 0 Å². The summed E-state index contributed by atoms with van der Waals surface area (Å²) in [5.74, 6) is 0.0497. The molecule has 3 aromatic rings. The van der Waals surface area contributed by atoms with Crippen molar-refractivity contribution >= 4 is 39.4 Å². The Hall–Kier alpha value is -3.40. The van der Waals surface area contributed by atoms with Gasteiger partial charge in [0.05, 0.1) is 12.2 Å². The molecule has 0 atom stereocenters. The summed E-state index contributed by atoms with van der Waals surface area (Å²) in [6.07, 6.45) is 0.237. The summed E-state index contributed by atoms with van der Waals surface area (Å²) in [7, 11) is 0. The van der Waals surface area contributed by atoms with Crippen molar-refractivity contribution in [3.63, 3.8) is 0 Å². The van der Waals surface area contributed by atoms with Crippen molar-refractivity contribution in [2.75, 3.05) is 18.5 Å². The van der Waals surface area contributed by atoms with E-state index < -0.39 is 11.2 Å². The number of anilines is 1. The summed E-state index contributed by atoms with van der Waals surface area (Å²) < 4.78 is 16.2. The van der Waals surface area contributed by atoms with Gasteiger partial charge in [-0.05, 0) is 45.4 Å². The monoisotopic (exact) mass is 471 g/mol. The number of rotatable bonds is 4. The van der Waals surface area contributed by atoms with E-state index in [1.165, 1.54) is 17.4 Å². The Balaban J connectivity index is 1.35. The number of aryl methyl sites for hydroxylation is 1. The van der Waals surface area contributed by atoms with Gasteiger partial charge in [0.1, 0.15) is 16.9 Å². The summed E-state index contributed by atoms with van der Waals surface area (Å²) in [6.45, 7) is 8.01. The maximum atomic E-state index is 12.4. The largest absolute Gasteiger partial charge is 0.484 e. The van der Waals surface area contributed by atoms with Crippen LogP contribution in [0.2, 0.25) is 0 Å². The van der Waals surface area contributed by atoms with E-state index in [4.69, 9.17) is 13.9 Å². The van der Waals surface area contributed by atoms with E-state index in [9.17, 15) is 14.4 Å². The zero-order valence-electron chi connectivity index (χ0n) is 18.9. The molecule has 0 unspecified atom stereocenters. The molecule has 9 nitrogen and oxygen atoms in total. The summed E-state index contributed by atoms with van der Waals surface area (Å²) in [5, 5.41) is 4.01. The first-order valence-electron chi connectivity index (χ1n) is 10.5. The maximum Gasteiger partial charge on any atom is 0.410 e. The molecule has 2 amide bonds. The van der Waals surface area contributed by atoms with Crippen LogP contribution >= 0.6 is 11.3 Å². The zero-order valence-corrected chi connectivity index (χ0v) is 19.7. The highest BCUT2D eigenvalue weighted by molar-refractivity contribution is 7.15. The van der Waals surface area contributed by atoms with E-state index in [1.54, 1.807) is 23.1 Å². The molecular weight excluding hydrogens is 446 g/mol. The van der Waals surface area contributed by atoms with Gasteiger partial charge in [-0.2, -0.15) is 0 Å². The number of carbonyl (C=O) groups excluding carboxylic acids is 2. The van der Waals surface area contributed by atoms with Crippen LogP contribution in [0.5, 0.6) is 5.75 Å². The minimum absolute atomic E-state index is 0.226. The topological polar surface area (TPSA) is 111 Å². The van der Waals surface area contributed by atoms with Crippen LogP contribution in [-0.2, 0) is 22.5 Å². The molecule has 0 bridgehead atoms. The van der Waals surface area contributed by atoms with Crippen molar-refractivity contribution in [1.82, 2.24) is 9.88 Å². The Bertz CT molecular complexity index is 1270. The zero-order chi connectivity index (χ0) is 23.8. The Kier molecular flexibility index (Phi) is 6.11. The molecule has 2 aromatic heterocycles. The minimum Gasteiger partial charge on any atom is -0.484 e. The smallest absolute Gasteiger partial charge is 0.410 e. The molecule has 0 spiro atoms. The highest BCUT2D eigenvalue weighted by Gasteiger charge is 2.28. The van der Waals surface area contributed by atoms with Crippen LogP contribution in [0.4, 0.5) is 9.93 Å². The van der Waals surface area contributed by atoms with Crippen molar-refractivity contribution in [2.45, 2.75) is 46.3 Å². The second-order valence-electron chi connectivity index (χ2n) is 8.78. The molecule has 1 aliphatic heterocycles. The fourth-order valence-electron chi connectivity index (χ4n) is 3.43. The Morgan fingerprint density at radius 1 is 1.27 bits per heavy atom. The van der Waals surface area contributed by atoms with E-state index in [0.29, 0.717) is 36.0 Å². The van der Waals surface area contributed by atoms with Crippen LogP contribution in [0.1, 0.15) is 36.9 Å².